The summed E-state index contributed by atoms with van der Waals surface area (Å²) in [6.45, 7) is 12.6. The third-order valence-electron chi connectivity index (χ3n) is 2.26. The zero-order valence-electron chi connectivity index (χ0n) is 10.9. The topological polar surface area (TPSA) is 3.24 Å². The molecule has 0 atom stereocenters. The van der Waals surface area contributed by atoms with Crippen LogP contribution in [0, 0.1) is 6.92 Å². The fraction of sp³-hybridized carbons (Fsp3) is 0.625. The lowest BCUT2D eigenvalue weighted by atomic mass is 10.1. The number of rotatable bonds is 1. The van der Waals surface area contributed by atoms with Crippen molar-refractivity contribution in [2.75, 3.05) is 18.0 Å². The van der Waals surface area contributed by atoms with Crippen molar-refractivity contribution < 1.29 is 0 Å². The molecule has 1 aliphatic rings. The van der Waals surface area contributed by atoms with Crippen LogP contribution in [0.3, 0.4) is 0 Å². The Bertz CT molecular complexity index is 234. The quantitative estimate of drug-likeness (QED) is 0.623. The maximum absolute atomic E-state index is 2.40. The van der Waals surface area contributed by atoms with Gasteiger partial charge in [0.2, 0.25) is 0 Å². The van der Waals surface area contributed by atoms with Crippen LogP contribution < -0.4 is 4.90 Å². The van der Waals surface area contributed by atoms with Crippen molar-refractivity contribution in [2.45, 2.75) is 55.9 Å². The van der Waals surface area contributed by atoms with Crippen molar-refractivity contribution in [3.63, 3.8) is 0 Å². The minimum absolute atomic E-state index is 0. The van der Waals surface area contributed by atoms with Gasteiger partial charge in [-0.25, -0.2) is 0 Å². The molecule has 0 aromatic heterocycles. The molecular weight excluding hydrogens is 206 g/mol. The van der Waals surface area contributed by atoms with E-state index in [9.17, 15) is 0 Å². The lowest BCUT2D eigenvalue weighted by Crippen LogP contribution is -2.36. The van der Waals surface area contributed by atoms with Gasteiger partial charge in [0, 0.05) is 18.8 Å². The maximum atomic E-state index is 2.40. The highest BCUT2D eigenvalue weighted by Crippen LogP contribution is 2.20. The molecule has 102 valence electrons. The Morgan fingerprint density at radius 3 is 1.53 bits per heavy atom. The number of aryl methyl sites for hydroxylation is 1. The second-order valence-electron chi connectivity index (χ2n) is 3.18. The lowest BCUT2D eigenvalue weighted by Gasteiger charge is -2.33. The van der Waals surface area contributed by atoms with E-state index in [0.717, 1.165) is 0 Å². The Balaban J connectivity index is -0.000000299. The first kappa shape index (κ1) is 21.3. The molecule has 1 nitrogen and oxygen atoms in total. The Hall–Kier alpha value is -0.980. The van der Waals surface area contributed by atoms with Crippen molar-refractivity contribution in [3.05, 3.63) is 29.8 Å². The average molecular weight is 239 g/mol. The first-order valence-corrected chi connectivity index (χ1v) is 6.18. The summed E-state index contributed by atoms with van der Waals surface area (Å²) in [6.07, 6.45) is 1.36. The molecule has 0 amide bonds. The first-order valence-electron chi connectivity index (χ1n) is 6.18. The lowest BCUT2D eigenvalue weighted by molar-refractivity contribution is 0.618. The second-order valence-corrected chi connectivity index (χ2v) is 3.18. The molecule has 0 N–H and O–H groups in total. The fourth-order valence-electron chi connectivity index (χ4n) is 1.33. The summed E-state index contributed by atoms with van der Waals surface area (Å²) in [7, 11) is 0. The molecule has 1 heteroatoms. The van der Waals surface area contributed by atoms with Crippen LogP contribution in [-0.4, -0.2) is 13.1 Å². The molecule has 0 unspecified atom stereocenters. The first-order chi connectivity index (χ1) is 7.36. The predicted molar refractivity (Wildman–Crippen MR) is 84.2 cm³/mol. The second kappa shape index (κ2) is 13.1. The van der Waals surface area contributed by atoms with Crippen molar-refractivity contribution in [1.82, 2.24) is 0 Å². The normalized spacial score (nSPS) is 11.2. The van der Waals surface area contributed by atoms with E-state index in [2.05, 4.69) is 36.1 Å². The van der Waals surface area contributed by atoms with Crippen LogP contribution in [0.25, 0.3) is 0 Å². The largest absolute Gasteiger partial charge is 0.371 e. The highest BCUT2D eigenvalue weighted by Gasteiger charge is 2.12. The number of anilines is 1. The van der Waals surface area contributed by atoms with E-state index < -0.39 is 0 Å². The number of hydrogen-bond donors (Lipinski definition) is 0. The van der Waals surface area contributed by atoms with Crippen molar-refractivity contribution in [1.29, 1.82) is 0 Å². The molecule has 2 rings (SSSR count). The molecule has 1 heterocycles. The molecule has 0 saturated carbocycles. The summed E-state index contributed by atoms with van der Waals surface area (Å²) in [5.41, 5.74) is 2.72. The minimum Gasteiger partial charge on any atom is -0.371 e. The van der Waals surface area contributed by atoms with E-state index in [-0.39, 0.29) is 14.9 Å². The van der Waals surface area contributed by atoms with E-state index in [1.54, 1.807) is 0 Å². The van der Waals surface area contributed by atoms with Crippen LogP contribution in [0.5, 0.6) is 0 Å². The number of nitrogens with zero attached hydrogens (tertiary/aromatic N) is 1. The summed E-state index contributed by atoms with van der Waals surface area (Å²) in [4.78, 5) is 2.40. The summed E-state index contributed by atoms with van der Waals surface area (Å²) >= 11 is 0. The van der Waals surface area contributed by atoms with Crippen molar-refractivity contribution >= 4 is 5.69 Å². The van der Waals surface area contributed by atoms with Gasteiger partial charge in [0.1, 0.15) is 0 Å². The predicted octanol–water partition coefficient (Wildman–Crippen LogP) is 5.53. The number of hydrogen-bond acceptors (Lipinski definition) is 1. The van der Waals surface area contributed by atoms with Gasteiger partial charge < -0.3 is 4.90 Å². The SMILES string of the molecule is C.C.CC.CC.Cc1ccc(N2CCC2)cc1. The van der Waals surface area contributed by atoms with Crippen molar-refractivity contribution in [3.8, 4) is 0 Å². The smallest absolute Gasteiger partial charge is 0.0366 e. The minimum atomic E-state index is 0. The van der Waals surface area contributed by atoms with Gasteiger partial charge in [0.15, 0.2) is 0 Å². The monoisotopic (exact) mass is 239 g/mol. The zero-order chi connectivity index (χ0) is 11.7. The van der Waals surface area contributed by atoms with Gasteiger partial charge in [0.05, 0.1) is 0 Å². The molecule has 0 spiro atoms. The molecule has 0 bridgehead atoms. The summed E-state index contributed by atoms with van der Waals surface area (Å²) in [5.74, 6) is 0. The molecule has 17 heavy (non-hydrogen) atoms. The summed E-state index contributed by atoms with van der Waals surface area (Å²) < 4.78 is 0. The third-order valence-corrected chi connectivity index (χ3v) is 2.26. The van der Waals surface area contributed by atoms with Gasteiger partial charge >= 0.3 is 0 Å². The van der Waals surface area contributed by atoms with Gasteiger partial charge in [-0.2, -0.15) is 0 Å². The van der Waals surface area contributed by atoms with E-state index in [0.29, 0.717) is 0 Å². The van der Waals surface area contributed by atoms with Crippen molar-refractivity contribution in [2.24, 2.45) is 0 Å². The highest BCUT2D eigenvalue weighted by molar-refractivity contribution is 5.49. The Labute approximate surface area is 110 Å². The van der Waals surface area contributed by atoms with Crippen LogP contribution in [-0.2, 0) is 0 Å². The summed E-state index contributed by atoms with van der Waals surface area (Å²) in [6, 6.07) is 8.75. The Morgan fingerprint density at radius 2 is 1.24 bits per heavy atom. The molecule has 1 aliphatic heterocycles. The van der Waals surface area contributed by atoms with Crippen LogP contribution >= 0.6 is 0 Å². The molecule has 0 aliphatic carbocycles. The van der Waals surface area contributed by atoms with Gasteiger partial charge in [-0.05, 0) is 25.5 Å². The third kappa shape index (κ3) is 7.04. The van der Waals surface area contributed by atoms with E-state index in [1.807, 2.05) is 27.7 Å². The van der Waals surface area contributed by atoms with E-state index in [4.69, 9.17) is 0 Å². The molecular formula is C16H33N. The summed E-state index contributed by atoms with van der Waals surface area (Å²) in [5, 5.41) is 0. The van der Waals surface area contributed by atoms with Gasteiger partial charge in [-0.15, -0.1) is 0 Å². The molecule has 1 saturated heterocycles. The van der Waals surface area contributed by atoms with Crippen LogP contribution in [0.2, 0.25) is 0 Å². The van der Waals surface area contributed by atoms with Crippen LogP contribution in [0.15, 0.2) is 24.3 Å². The molecule has 0 radical (unpaired) electrons. The highest BCUT2D eigenvalue weighted by atomic mass is 15.2. The van der Waals surface area contributed by atoms with Gasteiger partial charge in [-0.1, -0.05) is 60.2 Å². The van der Waals surface area contributed by atoms with E-state index >= 15 is 0 Å². The van der Waals surface area contributed by atoms with Crippen LogP contribution in [0.1, 0.15) is 54.5 Å². The van der Waals surface area contributed by atoms with Crippen LogP contribution in [0.4, 0.5) is 5.69 Å². The standard InChI is InChI=1S/C10H13N.2C2H6.2CH4/c1-9-3-5-10(6-4-9)11-7-2-8-11;2*1-2;;/h3-6H,2,7-8H2,1H3;2*1-2H3;2*1H4. The molecule has 1 aromatic carbocycles. The van der Waals surface area contributed by atoms with Gasteiger partial charge in [0.25, 0.3) is 0 Å². The van der Waals surface area contributed by atoms with Gasteiger partial charge in [-0.3, -0.25) is 0 Å². The van der Waals surface area contributed by atoms with E-state index in [1.165, 1.54) is 30.8 Å². The Morgan fingerprint density at radius 1 is 0.824 bits per heavy atom. The molecule has 1 aromatic rings. The maximum Gasteiger partial charge on any atom is 0.0366 e. The fourth-order valence-corrected chi connectivity index (χ4v) is 1.33. The number of benzene rings is 1. The Kier molecular flexibility index (Phi) is 16.4. The zero-order valence-corrected chi connectivity index (χ0v) is 10.9. The average Bonchev–Trinajstić information content (AvgIpc) is 2.25. The molecule has 1 fully saturated rings.